The number of aliphatic hydroxyl groups excluding tert-OH is 1. The number of rotatable bonds is 5. The van der Waals surface area contributed by atoms with Crippen molar-refractivity contribution in [2.24, 2.45) is 0 Å². The third-order valence-corrected chi connectivity index (χ3v) is 3.63. The lowest BCUT2D eigenvalue weighted by Crippen LogP contribution is -2.31. The van der Waals surface area contributed by atoms with E-state index in [1.54, 1.807) is 38.3 Å². The number of aliphatic hydroxyl groups is 1. The van der Waals surface area contributed by atoms with Crippen LogP contribution < -0.4 is 4.74 Å². The molecule has 0 saturated carbocycles. The summed E-state index contributed by atoms with van der Waals surface area (Å²) in [6, 6.07) is 6.86. The van der Waals surface area contributed by atoms with E-state index in [2.05, 4.69) is 0 Å². The van der Waals surface area contributed by atoms with Crippen molar-refractivity contribution >= 4 is 23.7 Å². The highest BCUT2D eigenvalue weighted by Crippen LogP contribution is 2.31. The van der Waals surface area contributed by atoms with Crippen LogP contribution >= 0.6 is 0 Å². The number of benzene rings is 1. The van der Waals surface area contributed by atoms with Gasteiger partial charge in [0.25, 0.3) is 5.91 Å². The van der Waals surface area contributed by atoms with E-state index >= 15 is 0 Å². The van der Waals surface area contributed by atoms with E-state index in [-0.39, 0.29) is 17.7 Å². The Kier molecular flexibility index (Phi) is 5.18. The third kappa shape index (κ3) is 3.22. The van der Waals surface area contributed by atoms with Crippen molar-refractivity contribution in [3.05, 3.63) is 46.9 Å². The summed E-state index contributed by atoms with van der Waals surface area (Å²) >= 11 is 0. The van der Waals surface area contributed by atoms with Gasteiger partial charge in [0.1, 0.15) is 11.3 Å². The van der Waals surface area contributed by atoms with Crippen LogP contribution in [0.2, 0.25) is 0 Å². The molecule has 0 aromatic heterocycles. The van der Waals surface area contributed by atoms with Crippen molar-refractivity contribution in [2.45, 2.75) is 26.7 Å². The normalized spacial score (nSPS) is 16.0. The molecule has 1 aliphatic rings. The van der Waals surface area contributed by atoms with Crippen LogP contribution in [0.4, 0.5) is 0 Å². The van der Waals surface area contributed by atoms with E-state index in [4.69, 9.17) is 4.74 Å². The van der Waals surface area contributed by atoms with Crippen molar-refractivity contribution in [3.8, 4) is 5.75 Å². The number of amides is 2. The summed E-state index contributed by atoms with van der Waals surface area (Å²) in [5.41, 5.74) is 0.338. The van der Waals surface area contributed by atoms with Crippen molar-refractivity contribution < 1.29 is 24.2 Å². The highest BCUT2D eigenvalue weighted by molar-refractivity contribution is 6.26. The molecule has 1 N–H and O–H groups in total. The summed E-state index contributed by atoms with van der Waals surface area (Å²) < 4.78 is 5.07. The van der Waals surface area contributed by atoms with Crippen molar-refractivity contribution in [1.82, 2.24) is 4.90 Å². The Morgan fingerprint density at radius 2 is 1.88 bits per heavy atom. The average molecular weight is 329 g/mol. The maximum absolute atomic E-state index is 12.4. The Hall–Kier alpha value is -2.89. The minimum Gasteiger partial charge on any atom is -0.505 e. The number of nitrogens with zero attached hydrogens (tertiary/aromatic N) is 1. The zero-order chi connectivity index (χ0) is 17.9. The number of methoxy groups -OCH3 is 1. The van der Waals surface area contributed by atoms with E-state index in [1.165, 1.54) is 13.0 Å². The first-order valence-electron chi connectivity index (χ1n) is 7.58. The Balaban J connectivity index is 2.50. The largest absolute Gasteiger partial charge is 0.505 e. The molecule has 1 aromatic carbocycles. The Morgan fingerprint density at radius 3 is 2.38 bits per heavy atom. The molecule has 0 unspecified atom stereocenters. The van der Waals surface area contributed by atoms with Crippen LogP contribution in [0.25, 0.3) is 6.08 Å². The average Bonchev–Trinajstić information content (AvgIpc) is 2.79. The first kappa shape index (κ1) is 17.5. The number of Topliss-reactive ketones (excluding diaryl/α,β-unsaturated/α-hetero) is 1. The van der Waals surface area contributed by atoms with E-state index in [1.807, 2.05) is 0 Å². The molecule has 6 nitrogen and oxygen atoms in total. The maximum Gasteiger partial charge on any atom is 0.272 e. The zero-order valence-electron chi connectivity index (χ0n) is 13.8. The molecule has 0 saturated heterocycles. The summed E-state index contributed by atoms with van der Waals surface area (Å²) in [4.78, 5) is 37.1. The minimum atomic E-state index is -0.779. The van der Waals surface area contributed by atoms with E-state index in [9.17, 15) is 19.5 Å². The fourth-order valence-corrected chi connectivity index (χ4v) is 2.46. The number of imide groups is 1. The molecule has 0 aliphatic carbocycles. The molecular weight excluding hydrogens is 310 g/mol. The summed E-state index contributed by atoms with van der Waals surface area (Å²) in [5, 5.41) is 10.3. The lowest BCUT2D eigenvalue weighted by Gasteiger charge is -2.14. The van der Waals surface area contributed by atoms with Gasteiger partial charge in [-0.05, 0) is 30.2 Å². The predicted octanol–water partition coefficient (Wildman–Crippen LogP) is 2.61. The van der Waals surface area contributed by atoms with Crippen LogP contribution in [-0.4, -0.2) is 34.7 Å². The molecule has 1 heterocycles. The van der Waals surface area contributed by atoms with E-state index < -0.39 is 23.4 Å². The molecule has 0 bridgehead atoms. The lowest BCUT2D eigenvalue weighted by atomic mass is 10.1. The number of carbonyl (C=O) groups excluding carboxylic acids is 3. The molecule has 6 heteroatoms. The van der Waals surface area contributed by atoms with Gasteiger partial charge in [-0.3, -0.25) is 14.4 Å². The summed E-state index contributed by atoms with van der Waals surface area (Å²) in [5.74, 6) is -1.61. The number of carbonyl (C=O) groups is 3. The molecule has 1 aromatic rings. The van der Waals surface area contributed by atoms with Crippen LogP contribution in [0.3, 0.4) is 0 Å². The SMILES string of the molecule is CCCC(=O)C1=C(O)/C(=C/c2ccc(OC)cc2)N(C(C)=O)C1=O. The predicted molar refractivity (Wildman–Crippen MR) is 88.1 cm³/mol. The van der Waals surface area contributed by atoms with Crippen molar-refractivity contribution in [1.29, 1.82) is 0 Å². The van der Waals surface area contributed by atoms with Crippen LogP contribution in [0.1, 0.15) is 32.3 Å². The van der Waals surface area contributed by atoms with Crippen molar-refractivity contribution in [2.75, 3.05) is 7.11 Å². The van der Waals surface area contributed by atoms with Crippen LogP contribution in [0, 0.1) is 0 Å². The lowest BCUT2D eigenvalue weighted by molar-refractivity contribution is -0.138. The van der Waals surface area contributed by atoms with Gasteiger partial charge in [-0.2, -0.15) is 0 Å². The Labute approximate surface area is 140 Å². The smallest absolute Gasteiger partial charge is 0.272 e. The molecule has 0 fully saturated rings. The first-order chi connectivity index (χ1) is 11.4. The molecular formula is C18H19NO5. The molecule has 24 heavy (non-hydrogen) atoms. The quantitative estimate of drug-likeness (QED) is 0.840. The number of ketones is 1. The number of hydrogen-bond donors (Lipinski definition) is 1. The van der Waals surface area contributed by atoms with Gasteiger partial charge in [-0.1, -0.05) is 19.1 Å². The third-order valence-electron chi connectivity index (χ3n) is 3.63. The standard InChI is InChI=1S/C18H19NO5/c1-4-5-15(21)16-17(22)14(19(11(2)20)18(16)23)10-12-6-8-13(24-3)9-7-12/h6-10,22H,4-5H2,1-3H3/b14-10-. The molecule has 126 valence electrons. The van der Waals surface area contributed by atoms with Gasteiger partial charge in [-0.15, -0.1) is 0 Å². The second-order valence-electron chi connectivity index (χ2n) is 5.36. The minimum absolute atomic E-state index is 0.0112. The van der Waals surface area contributed by atoms with Gasteiger partial charge in [0, 0.05) is 13.3 Å². The van der Waals surface area contributed by atoms with Gasteiger partial charge in [0.2, 0.25) is 5.91 Å². The van der Waals surface area contributed by atoms with Gasteiger partial charge >= 0.3 is 0 Å². The van der Waals surface area contributed by atoms with Crippen molar-refractivity contribution in [3.63, 3.8) is 0 Å². The fraction of sp³-hybridized carbons (Fsp3) is 0.278. The molecule has 0 atom stereocenters. The number of hydrogen-bond acceptors (Lipinski definition) is 5. The van der Waals surface area contributed by atoms with Crippen LogP contribution in [-0.2, 0) is 14.4 Å². The second-order valence-corrected chi connectivity index (χ2v) is 5.36. The van der Waals surface area contributed by atoms with Gasteiger partial charge in [0.05, 0.1) is 12.8 Å². The highest BCUT2D eigenvalue weighted by atomic mass is 16.5. The monoisotopic (exact) mass is 329 g/mol. The topological polar surface area (TPSA) is 83.9 Å². The molecule has 0 spiro atoms. The van der Waals surface area contributed by atoms with Gasteiger partial charge in [0.15, 0.2) is 11.5 Å². The summed E-state index contributed by atoms with van der Waals surface area (Å²) in [7, 11) is 1.54. The Bertz CT molecular complexity index is 743. The number of ether oxygens (including phenoxy) is 1. The molecule has 0 radical (unpaired) electrons. The molecule has 2 amide bonds. The maximum atomic E-state index is 12.4. The fourth-order valence-electron chi connectivity index (χ4n) is 2.46. The van der Waals surface area contributed by atoms with Crippen LogP contribution in [0.15, 0.2) is 41.3 Å². The van der Waals surface area contributed by atoms with Gasteiger partial charge in [-0.25, -0.2) is 4.90 Å². The summed E-state index contributed by atoms with van der Waals surface area (Å²) in [6.45, 7) is 3.01. The van der Waals surface area contributed by atoms with Crippen LogP contribution in [0.5, 0.6) is 5.75 Å². The summed E-state index contributed by atoms with van der Waals surface area (Å²) in [6.07, 6.45) is 2.16. The molecule has 2 rings (SSSR count). The second kappa shape index (κ2) is 7.12. The highest BCUT2D eigenvalue weighted by Gasteiger charge is 2.40. The molecule has 1 aliphatic heterocycles. The zero-order valence-corrected chi connectivity index (χ0v) is 13.8. The Morgan fingerprint density at radius 1 is 1.25 bits per heavy atom. The van der Waals surface area contributed by atoms with E-state index in [0.29, 0.717) is 17.7 Å². The first-order valence-corrected chi connectivity index (χ1v) is 7.58. The van der Waals surface area contributed by atoms with E-state index in [0.717, 1.165) is 4.90 Å². The van der Waals surface area contributed by atoms with Gasteiger partial charge < -0.3 is 9.84 Å².